The van der Waals surface area contributed by atoms with Gasteiger partial charge in [0.25, 0.3) is 0 Å². The van der Waals surface area contributed by atoms with Gasteiger partial charge in [-0.2, -0.15) is 0 Å². The Morgan fingerprint density at radius 2 is 0.958 bits per heavy atom. The number of aliphatic imine (C=N–C) groups is 2. The Morgan fingerprint density at radius 3 is 1.44 bits per heavy atom. The molecule has 268 valence electrons. The van der Waals surface area contributed by atoms with E-state index < -0.39 is 0 Å². The minimum Gasteiger partial charge on any atom is -0.251 e. The third kappa shape index (κ3) is 20.8. The molecule has 48 heavy (non-hydrogen) atoms. The van der Waals surface area contributed by atoms with Crippen molar-refractivity contribution in [1.82, 2.24) is 0 Å². The molecule has 0 aromatic heterocycles. The van der Waals surface area contributed by atoms with Gasteiger partial charge in [0.1, 0.15) is 0 Å². The molecule has 0 heterocycles. The molecule has 0 bridgehead atoms. The average Bonchev–Trinajstić information content (AvgIpc) is 3.09. The summed E-state index contributed by atoms with van der Waals surface area (Å²) in [5.41, 5.74) is 7.04. The lowest BCUT2D eigenvalue weighted by Crippen LogP contribution is -2.12. The van der Waals surface area contributed by atoms with Gasteiger partial charge < -0.3 is 0 Å². The van der Waals surface area contributed by atoms with Crippen molar-refractivity contribution in [1.29, 1.82) is 0 Å². The first kappa shape index (κ1) is 41.7. The zero-order valence-corrected chi connectivity index (χ0v) is 32.1. The molecule has 0 radical (unpaired) electrons. The zero-order chi connectivity index (χ0) is 34.3. The van der Waals surface area contributed by atoms with E-state index in [1.165, 1.54) is 127 Å². The fourth-order valence-corrected chi connectivity index (χ4v) is 6.61. The fourth-order valence-electron chi connectivity index (χ4n) is 6.61. The third-order valence-electron chi connectivity index (χ3n) is 9.45. The normalized spacial score (nSPS) is 12.4. The van der Waals surface area contributed by atoms with Gasteiger partial charge in [-0.15, -0.1) is 0 Å². The Labute approximate surface area is 298 Å². The third-order valence-corrected chi connectivity index (χ3v) is 9.45. The van der Waals surface area contributed by atoms with Crippen LogP contribution in [-0.2, 0) is 12.8 Å². The number of aryl methyl sites for hydroxylation is 2. The molecule has 0 amide bonds. The van der Waals surface area contributed by atoms with Gasteiger partial charge in [-0.05, 0) is 80.0 Å². The number of benzene rings is 2. The number of para-hydroxylation sites is 1. The first-order chi connectivity index (χ1) is 23.7. The first-order valence-corrected chi connectivity index (χ1v) is 20.7. The highest BCUT2D eigenvalue weighted by molar-refractivity contribution is 6.47. The molecule has 2 nitrogen and oxygen atoms in total. The summed E-state index contributed by atoms with van der Waals surface area (Å²) >= 11 is 0. The largest absolute Gasteiger partial charge is 0.251 e. The Bertz CT molecular complexity index is 1100. The van der Waals surface area contributed by atoms with Gasteiger partial charge in [0, 0.05) is 0 Å². The topological polar surface area (TPSA) is 24.7 Å². The van der Waals surface area contributed by atoms with E-state index in [9.17, 15) is 0 Å². The van der Waals surface area contributed by atoms with E-state index in [4.69, 9.17) is 9.98 Å². The van der Waals surface area contributed by atoms with Crippen LogP contribution in [0.15, 0.2) is 70.7 Å². The standard InChI is InChI=1S/C46H74N2/c1-5-9-11-12-13-14-15-16-17-18-19-20-21-22-23-24-25-26-27-31-37-46(45(36-10-6-2)47-43-34-29-28-30-35-43)48-44-39-41(32-7-3)38-42(40-44)33-8-4/h28-31,34-35,37-40H,5-27,32-33,36H2,1-4H3. The average molecular weight is 655 g/mol. The lowest BCUT2D eigenvalue weighted by atomic mass is 10.0. The summed E-state index contributed by atoms with van der Waals surface area (Å²) < 4.78 is 0. The maximum Gasteiger partial charge on any atom is 0.0848 e. The van der Waals surface area contributed by atoms with Crippen LogP contribution in [0.2, 0.25) is 0 Å². The van der Waals surface area contributed by atoms with E-state index in [2.05, 4.69) is 88.4 Å². The highest BCUT2D eigenvalue weighted by Gasteiger charge is 2.09. The summed E-state index contributed by atoms with van der Waals surface area (Å²) in [6.07, 6.45) is 39.0. The van der Waals surface area contributed by atoms with Crippen LogP contribution in [0.25, 0.3) is 0 Å². The zero-order valence-electron chi connectivity index (χ0n) is 32.1. The van der Waals surface area contributed by atoms with Crippen molar-refractivity contribution in [2.45, 2.75) is 195 Å². The number of unbranched alkanes of at least 4 members (excludes halogenated alkanes) is 19. The van der Waals surface area contributed by atoms with Crippen LogP contribution >= 0.6 is 0 Å². The molecule has 0 saturated heterocycles. The second kappa shape index (κ2) is 29.4. The van der Waals surface area contributed by atoms with Crippen molar-refractivity contribution >= 4 is 22.8 Å². The fraction of sp³-hybridized carbons (Fsp3) is 0.652. The molecule has 0 saturated carbocycles. The molecule has 0 aliphatic carbocycles. The smallest absolute Gasteiger partial charge is 0.0848 e. The summed E-state index contributed by atoms with van der Waals surface area (Å²) in [6, 6.07) is 17.4. The van der Waals surface area contributed by atoms with E-state index in [1.54, 1.807) is 0 Å². The molecule has 2 aromatic rings. The highest BCUT2D eigenvalue weighted by atomic mass is 14.8. The SMILES string of the molecule is CCCCCCCCCCCCCCCCCCCCC=CC(=Nc1cc(CCC)cc(CCC)c1)C(CCCC)=Nc1ccccc1. The second-order valence-electron chi connectivity index (χ2n) is 14.2. The van der Waals surface area contributed by atoms with Crippen LogP contribution in [0.4, 0.5) is 11.4 Å². The number of nitrogens with zero attached hydrogens (tertiary/aromatic N) is 2. The summed E-state index contributed by atoms with van der Waals surface area (Å²) in [5, 5.41) is 0. The molecule has 0 aliphatic rings. The van der Waals surface area contributed by atoms with E-state index >= 15 is 0 Å². The van der Waals surface area contributed by atoms with E-state index in [0.29, 0.717) is 0 Å². The molecule has 0 spiro atoms. The van der Waals surface area contributed by atoms with Crippen molar-refractivity contribution in [2.75, 3.05) is 0 Å². The van der Waals surface area contributed by atoms with Crippen molar-refractivity contribution in [3.05, 3.63) is 71.8 Å². The monoisotopic (exact) mass is 655 g/mol. The predicted molar refractivity (Wildman–Crippen MR) is 217 cm³/mol. The Kier molecular flexibility index (Phi) is 25.6. The quantitative estimate of drug-likeness (QED) is 0.0591. The molecular formula is C46H74N2. The van der Waals surface area contributed by atoms with Gasteiger partial charge >= 0.3 is 0 Å². The van der Waals surface area contributed by atoms with E-state index in [1.807, 2.05) is 0 Å². The summed E-state index contributed by atoms with van der Waals surface area (Å²) in [6.45, 7) is 9.09. The molecule has 2 rings (SSSR count). The lowest BCUT2D eigenvalue weighted by molar-refractivity contribution is 0.525. The molecule has 2 heteroatoms. The number of rotatable bonds is 30. The molecular weight excluding hydrogens is 581 g/mol. The van der Waals surface area contributed by atoms with Gasteiger partial charge in [-0.3, -0.25) is 4.99 Å². The number of allylic oxidation sites excluding steroid dienone is 2. The Balaban J connectivity index is 1.83. The predicted octanol–water partition coefficient (Wildman–Crippen LogP) is 15.6. The highest BCUT2D eigenvalue weighted by Crippen LogP contribution is 2.23. The van der Waals surface area contributed by atoms with Crippen molar-refractivity contribution < 1.29 is 0 Å². The molecule has 0 aliphatic heterocycles. The first-order valence-electron chi connectivity index (χ1n) is 20.7. The summed E-state index contributed by atoms with van der Waals surface area (Å²) in [7, 11) is 0. The van der Waals surface area contributed by atoms with Gasteiger partial charge in [0.05, 0.1) is 22.8 Å². The van der Waals surface area contributed by atoms with Crippen LogP contribution in [0.5, 0.6) is 0 Å². The molecule has 0 N–H and O–H groups in total. The van der Waals surface area contributed by atoms with Crippen molar-refractivity contribution in [3.8, 4) is 0 Å². The van der Waals surface area contributed by atoms with Crippen LogP contribution in [0.3, 0.4) is 0 Å². The maximum atomic E-state index is 5.31. The summed E-state index contributed by atoms with van der Waals surface area (Å²) in [5.74, 6) is 0. The number of hydrogen-bond donors (Lipinski definition) is 0. The molecule has 2 aromatic carbocycles. The van der Waals surface area contributed by atoms with Crippen LogP contribution in [-0.4, -0.2) is 11.4 Å². The lowest BCUT2D eigenvalue weighted by Gasteiger charge is -2.10. The van der Waals surface area contributed by atoms with Gasteiger partial charge in [0.2, 0.25) is 0 Å². The van der Waals surface area contributed by atoms with E-state index in [-0.39, 0.29) is 0 Å². The maximum absolute atomic E-state index is 5.31. The molecule has 0 fully saturated rings. The van der Waals surface area contributed by atoms with Crippen LogP contribution in [0, 0.1) is 0 Å². The van der Waals surface area contributed by atoms with Crippen LogP contribution in [0.1, 0.15) is 193 Å². The minimum absolute atomic E-state index is 0.949. The second-order valence-corrected chi connectivity index (χ2v) is 14.2. The van der Waals surface area contributed by atoms with E-state index in [0.717, 1.165) is 74.2 Å². The van der Waals surface area contributed by atoms with Crippen molar-refractivity contribution in [3.63, 3.8) is 0 Å². The minimum atomic E-state index is 0.949. The summed E-state index contributed by atoms with van der Waals surface area (Å²) in [4.78, 5) is 10.5. The molecule has 0 unspecified atom stereocenters. The van der Waals surface area contributed by atoms with Crippen molar-refractivity contribution in [2.24, 2.45) is 9.98 Å². The Morgan fingerprint density at radius 1 is 0.479 bits per heavy atom. The van der Waals surface area contributed by atoms with Gasteiger partial charge in [-0.25, -0.2) is 4.99 Å². The Hall–Kier alpha value is -2.48. The van der Waals surface area contributed by atoms with Gasteiger partial charge in [-0.1, -0.05) is 186 Å². The molecule has 0 atom stereocenters. The number of hydrogen-bond acceptors (Lipinski definition) is 2. The van der Waals surface area contributed by atoms with Gasteiger partial charge in [0.15, 0.2) is 0 Å². The van der Waals surface area contributed by atoms with Crippen LogP contribution < -0.4 is 0 Å².